The van der Waals surface area contributed by atoms with Crippen LogP contribution in [0.3, 0.4) is 0 Å². The lowest BCUT2D eigenvalue weighted by atomic mass is 9.98. The molecule has 0 saturated carbocycles. The van der Waals surface area contributed by atoms with Crippen LogP contribution in [0.25, 0.3) is 21.7 Å². The van der Waals surface area contributed by atoms with E-state index in [9.17, 15) is 46.5 Å². The zero-order valence-corrected chi connectivity index (χ0v) is 30.1. The van der Waals surface area contributed by atoms with Crippen molar-refractivity contribution >= 4 is 78.6 Å². The van der Waals surface area contributed by atoms with Crippen molar-refractivity contribution in [1.82, 2.24) is 9.88 Å². The number of pyridine rings is 1. The van der Waals surface area contributed by atoms with Gasteiger partial charge in [0.1, 0.15) is 5.92 Å². The van der Waals surface area contributed by atoms with Crippen LogP contribution in [0.2, 0.25) is 0 Å². The Labute approximate surface area is 322 Å². The highest BCUT2D eigenvalue weighted by Crippen LogP contribution is 2.38. The van der Waals surface area contributed by atoms with Crippen molar-refractivity contribution in [3.8, 4) is 0 Å². The zero-order chi connectivity index (χ0) is 39.9. The summed E-state index contributed by atoms with van der Waals surface area (Å²) in [7, 11) is -4.53. The van der Waals surface area contributed by atoms with Gasteiger partial charge in [-0.1, -0.05) is 36.4 Å². The van der Waals surface area contributed by atoms with E-state index >= 15 is 0 Å². The molecule has 9 rings (SSSR count). The van der Waals surface area contributed by atoms with E-state index < -0.39 is 57.2 Å². The maximum atomic E-state index is 13.8. The van der Waals surface area contributed by atoms with Crippen molar-refractivity contribution in [2.45, 2.75) is 17.2 Å². The smallest absolute Gasteiger partial charge is 0.338 e. The van der Waals surface area contributed by atoms with Gasteiger partial charge in [0.2, 0.25) is 0 Å². The Morgan fingerprint density at radius 2 is 1.32 bits per heavy atom. The average molecular weight is 780 g/mol. The SMILES string of the molecule is O=C(OCCCN1C(=O)c2ccccc2C1=O)c1ccc2c(c1)C(=O)C(c1ccc3cccc(N4C(=O)c5cc6ccc(S(=O)(=O)O)cc6cc5C4=O)c3n1)C2=O. The molecule has 1 atom stereocenters. The fourth-order valence-electron chi connectivity index (χ4n) is 7.53. The highest BCUT2D eigenvalue weighted by Gasteiger charge is 2.42. The molecular weight excluding hydrogens is 755 g/mol. The molecule has 1 N–H and O–H groups in total. The predicted molar refractivity (Wildman–Crippen MR) is 201 cm³/mol. The molecule has 0 spiro atoms. The fourth-order valence-corrected chi connectivity index (χ4v) is 8.05. The number of aromatic nitrogens is 1. The quantitative estimate of drug-likeness (QED) is 0.0675. The van der Waals surface area contributed by atoms with E-state index in [0.29, 0.717) is 27.3 Å². The summed E-state index contributed by atoms with van der Waals surface area (Å²) in [6, 6.07) is 25.0. The molecule has 0 saturated heterocycles. The lowest BCUT2D eigenvalue weighted by Crippen LogP contribution is -2.31. The topological polar surface area (TPSA) is 202 Å². The van der Waals surface area contributed by atoms with Gasteiger partial charge < -0.3 is 4.74 Å². The summed E-state index contributed by atoms with van der Waals surface area (Å²) < 4.78 is 38.3. The van der Waals surface area contributed by atoms with E-state index in [1.54, 1.807) is 42.5 Å². The Bertz CT molecular complexity index is 2980. The Kier molecular flexibility index (Phi) is 8.05. The standard InChI is InChI=1S/C42H25N3O11S/c46-36-26-13-10-23(42(52)56-16-4-15-44-38(48)27-6-1-2-7-28(27)39(44)49)19-29(26)37(47)34(36)32-14-11-21-5-3-8-33(35(21)43-32)45-40(50)30-18-22-9-12-25(57(53,54)55)17-24(22)20-31(30)41(45)51/h1-3,5-14,17-20,34H,4,15-16H2,(H,53,54,55). The van der Waals surface area contributed by atoms with Crippen LogP contribution < -0.4 is 4.90 Å². The van der Waals surface area contributed by atoms with Gasteiger partial charge in [-0.15, -0.1) is 0 Å². The van der Waals surface area contributed by atoms with Gasteiger partial charge in [0.25, 0.3) is 33.7 Å². The molecule has 0 bridgehead atoms. The molecule has 14 nitrogen and oxygen atoms in total. The molecule has 3 aliphatic rings. The van der Waals surface area contributed by atoms with Gasteiger partial charge in [0.15, 0.2) is 11.6 Å². The lowest BCUT2D eigenvalue weighted by Gasteiger charge is -2.17. The first-order valence-electron chi connectivity index (χ1n) is 17.5. The number of para-hydroxylation sites is 1. The molecule has 6 aromatic rings. The molecule has 4 amide bonds. The van der Waals surface area contributed by atoms with Gasteiger partial charge in [-0.3, -0.25) is 38.2 Å². The number of carbonyl (C=O) groups excluding carboxylic acids is 7. The van der Waals surface area contributed by atoms with Crippen molar-refractivity contribution < 1.29 is 51.3 Å². The fraction of sp³-hybridized carbons (Fsp3) is 0.0952. The van der Waals surface area contributed by atoms with Gasteiger partial charge in [-0.25, -0.2) is 14.7 Å². The molecule has 57 heavy (non-hydrogen) atoms. The average Bonchev–Trinajstić information content (AvgIpc) is 3.71. The number of amides is 4. The number of ketones is 2. The van der Waals surface area contributed by atoms with Crippen LogP contribution in [0, 0.1) is 0 Å². The highest BCUT2D eigenvalue weighted by molar-refractivity contribution is 7.85. The molecule has 1 unspecified atom stereocenters. The highest BCUT2D eigenvalue weighted by atomic mass is 32.2. The van der Waals surface area contributed by atoms with Crippen molar-refractivity contribution in [2.75, 3.05) is 18.1 Å². The Balaban J connectivity index is 0.942. The molecule has 5 aromatic carbocycles. The molecule has 15 heteroatoms. The molecule has 0 radical (unpaired) electrons. The summed E-state index contributed by atoms with van der Waals surface area (Å²) in [6.45, 7) is -0.0931. The van der Waals surface area contributed by atoms with Crippen molar-refractivity contribution in [2.24, 2.45) is 0 Å². The third kappa shape index (κ3) is 5.62. The summed E-state index contributed by atoms with van der Waals surface area (Å²) in [4.78, 5) is 99.6. The molecular formula is C42H25N3O11S. The number of ether oxygens (including phenoxy) is 1. The van der Waals surface area contributed by atoms with Gasteiger partial charge in [0.05, 0.1) is 56.2 Å². The number of anilines is 1. The number of rotatable bonds is 8. The van der Waals surface area contributed by atoms with Crippen LogP contribution in [0.5, 0.6) is 0 Å². The summed E-state index contributed by atoms with van der Waals surface area (Å²) in [6.07, 6.45) is 0.173. The van der Waals surface area contributed by atoms with Gasteiger partial charge >= 0.3 is 5.97 Å². The Hall–Kier alpha value is -7.23. The number of nitrogens with zero attached hydrogens (tertiary/aromatic N) is 3. The van der Waals surface area contributed by atoms with Crippen LogP contribution in [-0.2, 0) is 14.9 Å². The van der Waals surface area contributed by atoms with Crippen LogP contribution >= 0.6 is 0 Å². The summed E-state index contributed by atoms with van der Waals surface area (Å²) in [5.74, 6) is -5.55. The molecule has 1 aliphatic carbocycles. The first-order chi connectivity index (χ1) is 27.3. The Morgan fingerprint density at radius 1 is 0.649 bits per heavy atom. The number of benzene rings is 5. The lowest BCUT2D eigenvalue weighted by molar-refractivity contribution is 0.0481. The number of imide groups is 2. The zero-order valence-electron chi connectivity index (χ0n) is 29.3. The van der Waals surface area contributed by atoms with Crippen LogP contribution in [0.15, 0.2) is 108 Å². The summed E-state index contributed by atoms with van der Waals surface area (Å²) in [5.41, 5.74) is 1.07. The number of Topliss-reactive ketones (excluding diaryl/α,β-unsaturated/α-hetero) is 2. The normalized spacial score (nSPS) is 16.2. The number of fused-ring (bicyclic) bond motifs is 5. The third-order valence-electron chi connectivity index (χ3n) is 10.3. The Morgan fingerprint density at radius 3 is 2.02 bits per heavy atom. The maximum Gasteiger partial charge on any atom is 0.338 e. The molecule has 3 heterocycles. The van der Waals surface area contributed by atoms with Crippen molar-refractivity contribution in [1.29, 1.82) is 0 Å². The van der Waals surface area contributed by atoms with Crippen molar-refractivity contribution in [3.63, 3.8) is 0 Å². The van der Waals surface area contributed by atoms with E-state index in [1.807, 2.05) is 0 Å². The predicted octanol–water partition coefficient (Wildman–Crippen LogP) is 5.44. The molecule has 1 aromatic heterocycles. The van der Waals surface area contributed by atoms with Crippen LogP contribution in [0.1, 0.15) is 90.5 Å². The van der Waals surface area contributed by atoms with Gasteiger partial charge in [0, 0.05) is 23.1 Å². The van der Waals surface area contributed by atoms with E-state index in [1.165, 1.54) is 60.7 Å². The number of hydrogen-bond acceptors (Lipinski definition) is 11. The minimum atomic E-state index is -4.53. The number of hydrogen-bond donors (Lipinski definition) is 1. The molecule has 280 valence electrons. The van der Waals surface area contributed by atoms with Crippen LogP contribution in [0.4, 0.5) is 5.69 Å². The van der Waals surface area contributed by atoms with Crippen LogP contribution in [-0.4, -0.2) is 77.2 Å². The van der Waals surface area contributed by atoms with E-state index in [2.05, 4.69) is 4.98 Å². The van der Waals surface area contributed by atoms with E-state index in [-0.39, 0.29) is 69.2 Å². The first-order valence-corrected chi connectivity index (χ1v) is 18.9. The van der Waals surface area contributed by atoms with Gasteiger partial charge in [-0.05, 0) is 83.9 Å². The summed E-state index contributed by atoms with van der Waals surface area (Å²) >= 11 is 0. The first kappa shape index (κ1) is 35.5. The number of esters is 1. The van der Waals surface area contributed by atoms with Crippen molar-refractivity contribution in [3.05, 3.63) is 148 Å². The van der Waals surface area contributed by atoms with E-state index in [0.717, 1.165) is 9.80 Å². The minimum Gasteiger partial charge on any atom is -0.462 e. The maximum absolute atomic E-state index is 13.8. The minimum absolute atomic E-state index is 0.00171. The molecule has 0 fully saturated rings. The monoisotopic (exact) mass is 779 g/mol. The van der Waals surface area contributed by atoms with Gasteiger partial charge in [-0.2, -0.15) is 8.42 Å². The second kappa shape index (κ2) is 12.9. The third-order valence-corrected chi connectivity index (χ3v) is 11.2. The summed E-state index contributed by atoms with van der Waals surface area (Å²) in [5, 5.41) is 1.26. The number of carbonyl (C=O) groups is 7. The van der Waals surface area contributed by atoms with E-state index in [4.69, 9.17) is 4.74 Å². The largest absolute Gasteiger partial charge is 0.462 e. The second-order valence-corrected chi connectivity index (χ2v) is 15.1. The molecule has 2 aliphatic heterocycles. The second-order valence-electron chi connectivity index (χ2n) is 13.6.